The first-order valence-corrected chi connectivity index (χ1v) is 8.20. The highest BCUT2D eigenvalue weighted by molar-refractivity contribution is 5.94. The minimum atomic E-state index is -0.586. The molecule has 124 valence electrons. The molecular weight excluding hydrogens is 302 g/mol. The standard InChI is InChI=1S/C19H21N3O2/c23-18(16-11-5-2-6-12-16)21-20-17(15-9-3-1-4-10-15)19(24)22-13-7-8-14-22/h1-6,9-12,17,20H,7-8,13-14H2,(H,21,23). The maximum atomic E-state index is 12.8. The van der Waals surface area contributed by atoms with Gasteiger partial charge in [-0.3, -0.25) is 15.0 Å². The molecule has 1 unspecified atom stereocenters. The third-order valence-electron chi connectivity index (χ3n) is 4.16. The van der Waals surface area contributed by atoms with Gasteiger partial charge in [0.2, 0.25) is 5.91 Å². The molecule has 2 amide bonds. The van der Waals surface area contributed by atoms with Crippen LogP contribution in [0.3, 0.4) is 0 Å². The molecule has 2 aromatic rings. The Morgan fingerprint density at radius 1 is 0.875 bits per heavy atom. The van der Waals surface area contributed by atoms with E-state index in [0.717, 1.165) is 31.5 Å². The summed E-state index contributed by atoms with van der Waals surface area (Å²) in [6, 6.07) is 17.8. The first-order valence-electron chi connectivity index (χ1n) is 8.20. The molecule has 0 saturated carbocycles. The van der Waals surface area contributed by atoms with E-state index in [0.29, 0.717) is 5.56 Å². The number of carbonyl (C=O) groups is 2. The number of carbonyl (C=O) groups excluding carboxylic acids is 2. The van der Waals surface area contributed by atoms with Crippen molar-refractivity contribution in [3.8, 4) is 0 Å². The lowest BCUT2D eigenvalue weighted by atomic mass is 10.1. The van der Waals surface area contributed by atoms with Gasteiger partial charge in [-0.25, -0.2) is 5.43 Å². The third-order valence-corrected chi connectivity index (χ3v) is 4.16. The fourth-order valence-electron chi connectivity index (χ4n) is 2.85. The Bertz CT molecular complexity index is 682. The maximum absolute atomic E-state index is 12.8. The molecule has 5 nitrogen and oxygen atoms in total. The highest BCUT2D eigenvalue weighted by Gasteiger charge is 2.28. The van der Waals surface area contributed by atoms with Crippen molar-refractivity contribution < 1.29 is 9.59 Å². The molecule has 24 heavy (non-hydrogen) atoms. The van der Waals surface area contributed by atoms with E-state index < -0.39 is 6.04 Å². The summed E-state index contributed by atoms with van der Waals surface area (Å²) in [6.45, 7) is 1.55. The molecule has 5 heteroatoms. The van der Waals surface area contributed by atoms with E-state index in [4.69, 9.17) is 0 Å². The van der Waals surface area contributed by atoms with Gasteiger partial charge in [0, 0.05) is 18.7 Å². The number of likely N-dealkylation sites (tertiary alicyclic amines) is 1. The lowest BCUT2D eigenvalue weighted by Crippen LogP contribution is -2.47. The van der Waals surface area contributed by atoms with Crippen LogP contribution in [0.25, 0.3) is 0 Å². The van der Waals surface area contributed by atoms with Crippen molar-refractivity contribution in [2.75, 3.05) is 13.1 Å². The molecule has 0 radical (unpaired) electrons. The molecule has 0 bridgehead atoms. The monoisotopic (exact) mass is 323 g/mol. The average molecular weight is 323 g/mol. The van der Waals surface area contributed by atoms with E-state index in [9.17, 15) is 9.59 Å². The topological polar surface area (TPSA) is 61.4 Å². The average Bonchev–Trinajstić information content (AvgIpc) is 3.18. The molecule has 3 rings (SSSR count). The Labute approximate surface area is 141 Å². The second kappa shape index (κ2) is 7.75. The zero-order valence-corrected chi connectivity index (χ0v) is 13.4. The number of rotatable bonds is 5. The number of amides is 2. The quantitative estimate of drug-likeness (QED) is 0.830. The van der Waals surface area contributed by atoms with Crippen molar-refractivity contribution in [1.82, 2.24) is 15.8 Å². The molecule has 1 fully saturated rings. The van der Waals surface area contributed by atoms with Crippen LogP contribution in [0.2, 0.25) is 0 Å². The van der Waals surface area contributed by atoms with Crippen molar-refractivity contribution in [2.45, 2.75) is 18.9 Å². The largest absolute Gasteiger partial charge is 0.341 e. The zero-order valence-electron chi connectivity index (χ0n) is 13.4. The van der Waals surface area contributed by atoms with Crippen LogP contribution in [0.1, 0.15) is 34.8 Å². The van der Waals surface area contributed by atoms with Crippen molar-refractivity contribution in [3.63, 3.8) is 0 Å². The zero-order chi connectivity index (χ0) is 16.8. The van der Waals surface area contributed by atoms with Crippen LogP contribution in [0.5, 0.6) is 0 Å². The minimum absolute atomic E-state index is 0.00735. The molecule has 0 aromatic heterocycles. The van der Waals surface area contributed by atoms with Gasteiger partial charge >= 0.3 is 0 Å². The highest BCUT2D eigenvalue weighted by Crippen LogP contribution is 2.18. The fourth-order valence-corrected chi connectivity index (χ4v) is 2.85. The summed E-state index contributed by atoms with van der Waals surface area (Å²) in [5.41, 5.74) is 6.97. The maximum Gasteiger partial charge on any atom is 0.265 e. The lowest BCUT2D eigenvalue weighted by Gasteiger charge is -2.24. The SMILES string of the molecule is O=C(NNC(C(=O)N1CCCC1)c1ccccc1)c1ccccc1. The van der Waals surface area contributed by atoms with Gasteiger partial charge in [-0.1, -0.05) is 48.5 Å². The summed E-state index contributed by atoms with van der Waals surface area (Å²) in [7, 11) is 0. The van der Waals surface area contributed by atoms with Crippen LogP contribution in [0.4, 0.5) is 0 Å². The fraction of sp³-hybridized carbons (Fsp3) is 0.263. The third kappa shape index (κ3) is 3.81. The van der Waals surface area contributed by atoms with Crippen LogP contribution >= 0.6 is 0 Å². The van der Waals surface area contributed by atoms with Gasteiger partial charge in [0.25, 0.3) is 5.91 Å². The van der Waals surface area contributed by atoms with Gasteiger partial charge in [0.1, 0.15) is 6.04 Å². The normalized spacial score (nSPS) is 15.1. The summed E-state index contributed by atoms with van der Waals surface area (Å²) in [6.07, 6.45) is 2.06. The molecule has 1 aliphatic rings. The van der Waals surface area contributed by atoms with Gasteiger partial charge in [-0.05, 0) is 30.5 Å². The summed E-state index contributed by atoms with van der Waals surface area (Å²) in [5, 5.41) is 0. The van der Waals surface area contributed by atoms with E-state index in [1.165, 1.54) is 0 Å². The molecule has 0 aliphatic carbocycles. The number of nitrogens with zero attached hydrogens (tertiary/aromatic N) is 1. The molecular formula is C19H21N3O2. The Balaban J connectivity index is 1.72. The number of nitrogens with one attached hydrogen (secondary N) is 2. The number of benzene rings is 2. The lowest BCUT2D eigenvalue weighted by molar-refractivity contribution is -0.132. The van der Waals surface area contributed by atoms with Crippen molar-refractivity contribution in [1.29, 1.82) is 0 Å². The molecule has 1 saturated heterocycles. The van der Waals surface area contributed by atoms with Crippen LogP contribution < -0.4 is 10.9 Å². The number of hydrogen-bond acceptors (Lipinski definition) is 3. The molecule has 1 aliphatic heterocycles. The first kappa shape index (κ1) is 16.2. The second-order valence-electron chi connectivity index (χ2n) is 5.84. The summed E-state index contributed by atoms with van der Waals surface area (Å²) >= 11 is 0. The summed E-state index contributed by atoms with van der Waals surface area (Å²) in [5.74, 6) is -0.266. The summed E-state index contributed by atoms with van der Waals surface area (Å²) < 4.78 is 0. The van der Waals surface area contributed by atoms with E-state index in [1.54, 1.807) is 24.3 Å². The van der Waals surface area contributed by atoms with Crippen molar-refractivity contribution in [3.05, 3.63) is 71.8 Å². The van der Waals surface area contributed by atoms with Gasteiger partial charge in [-0.2, -0.15) is 0 Å². The van der Waals surface area contributed by atoms with Gasteiger partial charge < -0.3 is 4.90 Å². The predicted molar refractivity (Wildman–Crippen MR) is 92.0 cm³/mol. The predicted octanol–water partition coefficient (Wildman–Crippen LogP) is 2.28. The van der Waals surface area contributed by atoms with E-state index in [2.05, 4.69) is 10.9 Å². The number of hydrazine groups is 1. The smallest absolute Gasteiger partial charge is 0.265 e. The summed E-state index contributed by atoms with van der Waals surface area (Å²) in [4.78, 5) is 26.9. The second-order valence-corrected chi connectivity index (χ2v) is 5.84. The molecule has 0 spiro atoms. The Hall–Kier alpha value is -2.66. The van der Waals surface area contributed by atoms with E-state index in [-0.39, 0.29) is 11.8 Å². The number of hydrogen-bond donors (Lipinski definition) is 2. The van der Waals surface area contributed by atoms with Gasteiger partial charge in [-0.15, -0.1) is 0 Å². The molecule has 1 heterocycles. The van der Waals surface area contributed by atoms with Crippen LogP contribution in [0, 0.1) is 0 Å². The molecule has 2 N–H and O–H groups in total. The van der Waals surface area contributed by atoms with Crippen molar-refractivity contribution in [2.24, 2.45) is 0 Å². The first-order chi connectivity index (χ1) is 11.8. The Kier molecular flexibility index (Phi) is 5.23. The van der Waals surface area contributed by atoms with Gasteiger partial charge in [0.05, 0.1) is 0 Å². The van der Waals surface area contributed by atoms with Crippen LogP contribution in [-0.2, 0) is 4.79 Å². The van der Waals surface area contributed by atoms with E-state index in [1.807, 2.05) is 41.3 Å². The van der Waals surface area contributed by atoms with Crippen LogP contribution in [-0.4, -0.2) is 29.8 Å². The molecule has 2 aromatic carbocycles. The minimum Gasteiger partial charge on any atom is -0.341 e. The molecule has 1 atom stereocenters. The highest BCUT2D eigenvalue weighted by atomic mass is 16.2. The van der Waals surface area contributed by atoms with Crippen LogP contribution in [0.15, 0.2) is 60.7 Å². The van der Waals surface area contributed by atoms with Crippen molar-refractivity contribution >= 4 is 11.8 Å². The Morgan fingerprint density at radius 2 is 1.46 bits per heavy atom. The van der Waals surface area contributed by atoms with Gasteiger partial charge in [0.15, 0.2) is 0 Å². The Morgan fingerprint density at radius 3 is 2.08 bits per heavy atom. The van der Waals surface area contributed by atoms with E-state index >= 15 is 0 Å².